The maximum Gasteiger partial charge on any atom is 0.0661 e. The summed E-state index contributed by atoms with van der Waals surface area (Å²) >= 11 is 9.49. The van der Waals surface area contributed by atoms with Gasteiger partial charge in [-0.3, -0.25) is 0 Å². The van der Waals surface area contributed by atoms with Gasteiger partial charge in [-0.15, -0.1) is 0 Å². The number of likely N-dealkylation sites (N-methyl/N-ethyl adjacent to an activating group) is 1. The molecule has 0 aliphatic rings. The van der Waals surface area contributed by atoms with Crippen molar-refractivity contribution in [2.45, 2.75) is 6.04 Å². The van der Waals surface area contributed by atoms with E-state index in [1.807, 2.05) is 36.4 Å². The van der Waals surface area contributed by atoms with Gasteiger partial charge in [-0.05, 0) is 45.8 Å². The molecule has 0 amide bonds. The minimum absolute atomic E-state index is 0.121. The van der Waals surface area contributed by atoms with Crippen molar-refractivity contribution in [2.24, 2.45) is 5.73 Å². The number of nitrogens with zero attached hydrogens (tertiary/aromatic N) is 1. The molecule has 0 aliphatic carbocycles. The van der Waals surface area contributed by atoms with Gasteiger partial charge in [0.2, 0.25) is 0 Å². The molecule has 0 bridgehead atoms. The fourth-order valence-electron chi connectivity index (χ4n) is 2.08. The quantitative estimate of drug-likeness (QED) is 0.903. The third-order valence-corrected chi connectivity index (χ3v) is 4.40. The number of hydrogen-bond acceptors (Lipinski definition) is 2. The number of benzene rings is 2. The van der Waals surface area contributed by atoms with Gasteiger partial charge < -0.3 is 10.6 Å². The van der Waals surface area contributed by atoms with Crippen LogP contribution in [0, 0.1) is 0 Å². The van der Waals surface area contributed by atoms with Gasteiger partial charge in [-0.1, -0.05) is 35.9 Å². The smallest absolute Gasteiger partial charge is 0.0661 e. The van der Waals surface area contributed by atoms with E-state index in [0.29, 0.717) is 11.6 Å². The first kappa shape index (κ1) is 14.4. The third-order valence-electron chi connectivity index (χ3n) is 3.18. The summed E-state index contributed by atoms with van der Waals surface area (Å²) in [5.41, 5.74) is 8.23. The average molecular weight is 340 g/mol. The highest BCUT2D eigenvalue weighted by Gasteiger charge is 2.16. The number of rotatable bonds is 4. The second-order valence-electron chi connectivity index (χ2n) is 4.37. The van der Waals surface area contributed by atoms with E-state index in [4.69, 9.17) is 17.3 Å². The average Bonchev–Trinajstić information content (AvgIpc) is 2.44. The molecule has 0 saturated carbocycles. The molecule has 0 saturated heterocycles. The van der Waals surface area contributed by atoms with Crippen molar-refractivity contribution in [1.29, 1.82) is 0 Å². The van der Waals surface area contributed by atoms with E-state index in [2.05, 4.69) is 40.0 Å². The molecule has 1 unspecified atom stereocenters. The second-order valence-corrected chi connectivity index (χ2v) is 5.63. The SMILES string of the molecule is CN(c1ccccc1)C(CN)c1ccc(Cl)c(Br)c1. The Morgan fingerprint density at radius 1 is 1.21 bits per heavy atom. The van der Waals surface area contributed by atoms with E-state index in [1.54, 1.807) is 0 Å². The molecule has 2 nitrogen and oxygen atoms in total. The first-order chi connectivity index (χ1) is 9.13. The Morgan fingerprint density at radius 2 is 1.89 bits per heavy atom. The molecule has 2 aromatic carbocycles. The van der Waals surface area contributed by atoms with Gasteiger partial charge in [-0.2, -0.15) is 0 Å². The molecule has 0 aliphatic heterocycles. The zero-order valence-electron chi connectivity index (χ0n) is 10.7. The van der Waals surface area contributed by atoms with Gasteiger partial charge in [0.15, 0.2) is 0 Å². The molecule has 0 fully saturated rings. The Hall–Kier alpha value is -1.03. The van der Waals surface area contributed by atoms with E-state index < -0.39 is 0 Å². The number of nitrogens with two attached hydrogens (primary N) is 1. The highest BCUT2D eigenvalue weighted by atomic mass is 79.9. The fraction of sp³-hybridized carbons (Fsp3) is 0.200. The van der Waals surface area contributed by atoms with Gasteiger partial charge in [0.1, 0.15) is 0 Å². The van der Waals surface area contributed by atoms with Crippen LogP contribution in [0.5, 0.6) is 0 Å². The minimum atomic E-state index is 0.121. The summed E-state index contributed by atoms with van der Waals surface area (Å²) in [6.07, 6.45) is 0. The standard InChI is InChI=1S/C15H16BrClN2/c1-19(12-5-3-2-4-6-12)15(10-18)11-7-8-14(17)13(16)9-11/h2-9,15H,10,18H2,1H3. The largest absolute Gasteiger partial charge is 0.366 e. The van der Waals surface area contributed by atoms with E-state index in [1.165, 1.54) is 0 Å². The molecule has 2 N–H and O–H groups in total. The Morgan fingerprint density at radius 3 is 2.47 bits per heavy atom. The van der Waals surface area contributed by atoms with Crippen molar-refractivity contribution in [1.82, 2.24) is 0 Å². The van der Waals surface area contributed by atoms with Crippen LogP contribution in [-0.2, 0) is 0 Å². The molecule has 0 aromatic heterocycles. The van der Waals surface area contributed by atoms with Crippen molar-refractivity contribution in [3.05, 3.63) is 63.6 Å². The minimum Gasteiger partial charge on any atom is -0.366 e. The van der Waals surface area contributed by atoms with Crippen LogP contribution >= 0.6 is 27.5 Å². The highest BCUT2D eigenvalue weighted by molar-refractivity contribution is 9.10. The van der Waals surface area contributed by atoms with E-state index in [0.717, 1.165) is 15.7 Å². The zero-order chi connectivity index (χ0) is 13.8. The van der Waals surface area contributed by atoms with Crippen molar-refractivity contribution < 1.29 is 0 Å². The van der Waals surface area contributed by atoms with Crippen LogP contribution in [0.2, 0.25) is 5.02 Å². The van der Waals surface area contributed by atoms with Crippen molar-refractivity contribution in [3.63, 3.8) is 0 Å². The maximum atomic E-state index is 6.03. The predicted octanol–water partition coefficient (Wildman–Crippen LogP) is 4.24. The predicted molar refractivity (Wildman–Crippen MR) is 85.8 cm³/mol. The van der Waals surface area contributed by atoms with E-state index >= 15 is 0 Å². The van der Waals surface area contributed by atoms with Gasteiger partial charge >= 0.3 is 0 Å². The molecule has 19 heavy (non-hydrogen) atoms. The van der Waals surface area contributed by atoms with Crippen LogP contribution in [0.4, 0.5) is 5.69 Å². The fourth-order valence-corrected chi connectivity index (χ4v) is 2.59. The maximum absolute atomic E-state index is 6.03. The summed E-state index contributed by atoms with van der Waals surface area (Å²) in [6, 6.07) is 16.3. The molecule has 0 heterocycles. The van der Waals surface area contributed by atoms with Crippen molar-refractivity contribution in [3.8, 4) is 0 Å². The van der Waals surface area contributed by atoms with Crippen LogP contribution in [0.3, 0.4) is 0 Å². The first-order valence-electron chi connectivity index (χ1n) is 6.06. The Bertz CT molecular complexity index is 545. The summed E-state index contributed by atoms with van der Waals surface area (Å²) in [4.78, 5) is 2.18. The van der Waals surface area contributed by atoms with Crippen molar-refractivity contribution in [2.75, 3.05) is 18.5 Å². The molecule has 2 aromatic rings. The Kier molecular flexibility index (Phi) is 4.86. The Labute approximate surface area is 127 Å². The molecular formula is C15H16BrClN2. The van der Waals surface area contributed by atoms with E-state index in [-0.39, 0.29) is 6.04 Å². The number of anilines is 1. The lowest BCUT2D eigenvalue weighted by atomic mass is 10.1. The molecule has 4 heteroatoms. The van der Waals surface area contributed by atoms with Gasteiger partial charge in [0, 0.05) is 23.8 Å². The third kappa shape index (κ3) is 3.30. The lowest BCUT2D eigenvalue weighted by molar-refractivity contribution is 0.680. The molecule has 2 rings (SSSR count). The summed E-state index contributed by atoms with van der Waals surface area (Å²) in [5.74, 6) is 0. The van der Waals surface area contributed by atoms with Crippen LogP contribution < -0.4 is 10.6 Å². The van der Waals surface area contributed by atoms with Crippen LogP contribution in [0.15, 0.2) is 53.0 Å². The first-order valence-corrected chi connectivity index (χ1v) is 7.23. The molecule has 100 valence electrons. The summed E-state index contributed by atoms with van der Waals surface area (Å²) in [5, 5.41) is 0.710. The number of halogens is 2. The lowest BCUT2D eigenvalue weighted by Crippen LogP contribution is -2.30. The van der Waals surface area contributed by atoms with Crippen LogP contribution in [-0.4, -0.2) is 13.6 Å². The summed E-state index contributed by atoms with van der Waals surface area (Å²) in [6.45, 7) is 0.541. The normalized spacial score (nSPS) is 12.2. The number of hydrogen-bond donors (Lipinski definition) is 1. The van der Waals surface area contributed by atoms with Crippen LogP contribution in [0.1, 0.15) is 11.6 Å². The van der Waals surface area contributed by atoms with Gasteiger partial charge in [-0.25, -0.2) is 0 Å². The monoisotopic (exact) mass is 338 g/mol. The topological polar surface area (TPSA) is 29.3 Å². The van der Waals surface area contributed by atoms with Crippen molar-refractivity contribution >= 4 is 33.2 Å². The number of para-hydroxylation sites is 1. The van der Waals surface area contributed by atoms with Gasteiger partial charge in [0.05, 0.1) is 11.1 Å². The highest BCUT2D eigenvalue weighted by Crippen LogP contribution is 2.30. The van der Waals surface area contributed by atoms with Crippen LogP contribution in [0.25, 0.3) is 0 Å². The van der Waals surface area contributed by atoms with E-state index in [9.17, 15) is 0 Å². The summed E-state index contributed by atoms with van der Waals surface area (Å²) < 4.78 is 0.895. The Balaban J connectivity index is 2.31. The summed E-state index contributed by atoms with van der Waals surface area (Å²) in [7, 11) is 2.05. The molecular weight excluding hydrogens is 324 g/mol. The molecule has 1 atom stereocenters. The molecule has 0 spiro atoms. The second kappa shape index (κ2) is 6.42. The van der Waals surface area contributed by atoms with Gasteiger partial charge in [0.25, 0.3) is 0 Å². The molecule has 0 radical (unpaired) electrons. The zero-order valence-corrected chi connectivity index (χ0v) is 13.0. The lowest BCUT2D eigenvalue weighted by Gasteiger charge is -2.29.